The van der Waals surface area contributed by atoms with Crippen molar-refractivity contribution in [2.75, 3.05) is 11.9 Å². The first-order valence-electron chi connectivity index (χ1n) is 8.55. The molecule has 2 N–H and O–H groups in total. The summed E-state index contributed by atoms with van der Waals surface area (Å²) in [6, 6.07) is 16.0. The van der Waals surface area contributed by atoms with Crippen molar-refractivity contribution in [2.45, 2.75) is 38.8 Å². The standard InChI is InChI=1S/C20H24N2O2S/c1-4-23-15-9-7-8-14(12-15)21-19(25)22-17-13-20(2,3)24-18-11-6-5-10-16(17)18/h5-12,17H,4,13H2,1-3H3,(H2,21,22,25)/t17-/m1/s1. The van der Waals surface area contributed by atoms with Crippen molar-refractivity contribution in [3.05, 3.63) is 54.1 Å². The molecule has 4 nitrogen and oxygen atoms in total. The highest BCUT2D eigenvalue weighted by atomic mass is 32.1. The van der Waals surface area contributed by atoms with Gasteiger partial charge in [-0.3, -0.25) is 0 Å². The summed E-state index contributed by atoms with van der Waals surface area (Å²) >= 11 is 5.52. The van der Waals surface area contributed by atoms with Crippen molar-refractivity contribution in [2.24, 2.45) is 0 Å². The van der Waals surface area contributed by atoms with Gasteiger partial charge in [0.05, 0.1) is 12.6 Å². The van der Waals surface area contributed by atoms with Gasteiger partial charge in [0.25, 0.3) is 0 Å². The molecule has 132 valence electrons. The summed E-state index contributed by atoms with van der Waals surface area (Å²) in [6.45, 7) is 6.80. The molecule has 0 unspecified atom stereocenters. The Morgan fingerprint density at radius 1 is 1.24 bits per heavy atom. The van der Waals surface area contributed by atoms with Crippen LogP contribution in [-0.2, 0) is 0 Å². The number of anilines is 1. The van der Waals surface area contributed by atoms with Gasteiger partial charge in [-0.1, -0.05) is 24.3 Å². The van der Waals surface area contributed by atoms with E-state index in [0.717, 1.165) is 29.2 Å². The van der Waals surface area contributed by atoms with Crippen LogP contribution in [0.2, 0.25) is 0 Å². The van der Waals surface area contributed by atoms with Crippen LogP contribution in [0.5, 0.6) is 11.5 Å². The Morgan fingerprint density at radius 2 is 2.04 bits per heavy atom. The molecule has 0 saturated carbocycles. The van der Waals surface area contributed by atoms with Gasteiger partial charge in [0.2, 0.25) is 0 Å². The largest absolute Gasteiger partial charge is 0.494 e. The number of benzene rings is 2. The third-order valence-corrected chi connectivity index (χ3v) is 4.30. The van der Waals surface area contributed by atoms with Crippen LogP contribution >= 0.6 is 12.2 Å². The van der Waals surface area contributed by atoms with E-state index in [-0.39, 0.29) is 11.6 Å². The minimum absolute atomic E-state index is 0.107. The van der Waals surface area contributed by atoms with Gasteiger partial charge in [0.15, 0.2) is 5.11 Å². The maximum absolute atomic E-state index is 6.07. The quantitative estimate of drug-likeness (QED) is 0.779. The molecule has 0 amide bonds. The lowest BCUT2D eigenvalue weighted by Gasteiger charge is -2.38. The van der Waals surface area contributed by atoms with E-state index < -0.39 is 0 Å². The number of thiocarbonyl (C=S) groups is 1. The number of ether oxygens (including phenoxy) is 2. The lowest BCUT2D eigenvalue weighted by atomic mass is 9.90. The summed E-state index contributed by atoms with van der Waals surface area (Å²) < 4.78 is 11.6. The van der Waals surface area contributed by atoms with Gasteiger partial charge < -0.3 is 20.1 Å². The van der Waals surface area contributed by atoms with Crippen LogP contribution in [0.3, 0.4) is 0 Å². The van der Waals surface area contributed by atoms with Crippen molar-refractivity contribution in [1.29, 1.82) is 0 Å². The number of rotatable bonds is 4. The molecule has 0 aliphatic carbocycles. The van der Waals surface area contributed by atoms with Crippen molar-refractivity contribution >= 4 is 23.0 Å². The second kappa shape index (κ2) is 7.31. The molecule has 0 saturated heterocycles. The lowest BCUT2D eigenvalue weighted by Crippen LogP contribution is -2.42. The molecule has 1 atom stereocenters. The van der Waals surface area contributed by atoms with Gasteiger partial charge in [0.1, 0.15) is 17.1 Å². The van der Waals surface area contributed by atoms with Gasteiger partial charge in [-0.15, -0.1) is 0 Å². The first-order chi connectivity index (χ1) is 12.0. The smallest absolute Gasteiger partial charge is 0.171 e. The van der Waals surface area contributed by atoms with E-state index in [9.17, 15) is 0 Å². The van der Waals surface area contributed by atoms with Gasteiger partial charge >= 0.3 is 0 Å². The second-order valence-electron chi connectivity index (χ2n) is 6.72. The zero-order valence-corrected chi connectivity index (χ0v) is 15.7. The highest BCUT2D eigenvalue weighted by Crippen LogP contribution is 2.39. The van der Waals surface area contributed by atoms with Crippen LogP contribution < -0.4 is 20.1 Å². The van der Waals surface area contributed by atoms with Gasteiger partial charge in [-0.2, -0.15) is 0 Å². The topological polar surface area (TPSA) is 42.5 Å². The van der Waals surface area contributed by atoms with E-state index >= 15 is 0 Å². The number of hydrogen-bond acceptors (Lipinski definition) is 3. The first kappa shape index (κ1) is 17.5. The summed E-state index contributed by atoms with van der Waals surface area (Å²) in [4.78, 5) is 0. The molecule has 0 spiro atoms. The number of fused-ring (bicyclic) bond motifs is 1. The third-order valence-electron chi connectivity index (χ3n) is 4.08. The van der Waals surface area contributed by atoms with Gasteiger partial charge in [0, 0.05) is 23.7 Å². The second-order valence-corrected chi connectivity index (χ2v) is 7.12. The molecule has 0 bridgehead atoms. The SMILES string of the molecule is CCOc1cccc(NC(=S)N[C@@H]2CC(C)(C)Oc3ccccc32)c1. The van der Waals surface area contributed by atoms with Crippen molar-refractivity contribution in [3.8, 4) is 11.5 Å². The van der Waals surface area contributed by atoms with Crippen LogP contribution in [0.4, 0.5) is 5.69 Å². The molecule has 3 rings (SSSR count). The number of hydrogen-bond donors (Lipinski definition) is 2. The van der Waals surface area contributed by atoms with Crippen LogP contribution in [0.15, 0.2) is 48.5 Å². The minimum Gasteiger partial charge on any atom is -0.494 e. The van der Waals surface area contributed by atoms with E-state index in [1.54, 1.807) is 0 Å². The fourth-order valence-corrected chi connectivity index (χ4v) is 3.35. The maximum Gasteiger partial charge on any atom is 0.171 e. The molecule has 1 heterocycles. The highest BCUT2D eigenvalue weighted by Gasteiger charge is 2.33. The fraction of sp³-hybridized carbons (Fsp3) is 0.350. The van der Waals surface area contributed by atoms with Crippen LogP contribution in [0.1, 0.15) is 38.8 Å². The molecule has 2 aromatic rings. The first-order valence-corrected chi connectivity index (χ1v) is 8.96. The molecule has 0 fully saturated rings. The molecular weight excluding hydrogens is 332 g/mol. The summed E-state index contributed by atoms with van der Waals surface area (Å²) in [5, 5.41) is 7.26. The van der Waals surface area contributed by atoms with Gasteiger partial charge in [-0.05, 0) is 51.2 Å². The molecule has 25 heavy (non-hydrogen) atoms. The lowest BCUT2D eigenvalue weighted by molar-refractivity contribution is 0.0697. The number of para-hydroxylation sites is 1. The summed E-state index contributed by atoms with van der Waals surface area (Å²) in [5.74, 6) is 1.74. The molecule has 0 aromatic heterocycles. The summed E-state index contributed by atoms with van der Waals surface area (Å²) in [5.41, 5.74) is 1.80. The zero-order chi connectivity index (χ0) is 17.9. The maximum atomic E-state index is 6.07. The minimum atomic E-state index is -0.240. The average Bonchev–Trinajstić information content (AvgIpc) is 2.54. The van der Waals surface area contributed by atoms with Crippen molar-refractivity contribution < 1.29 is 9.47 Å². The predicted octanol–water partition coefficient (Wildman–Crippen LogP) is 4.67. The van der Waals surface area contributed by atoms with E-state index in [0.29, 0.717) is 11.7 Å². The average molecular weight is 356 g/mol. The predicted molar refractivity (Wildman–Crippen MR) is 105 cm³/mol. The molecule has 2 aromatic carbocycles. The van der Waals surface area contributed by atoms with Gasteiger partial charge in [-0.25, -0.2) is 0 Å². The van der Waals surface area contributed by atoms with E-state index in [4.69, 9.17) is 21.7 Å². The highest BCUT2D eigenvalue weighted by molar-refractivity contribution is 7.80. The monoisotopic (exact) mass is 356 g/mol. The Labute approximate surface area is 154 Å². The normalized spacial score (nSPS) is 17.8. The number of nitrogens with one attached hydrogen (secondary N) is 2. The molecule has 1 aliphatic rings. The third kappa shape index (κ3) is 4.42. The fourth-order valence-electron chi connectivity index (χ4n) is 3.09. The van der Waals surface area contributed by atoms with E-state index in [1.165, 1.54) is 0 Å². The molecular formula is C20H24N2O2S. The van der Waals surface area contributed by atoms with Crippen LogP contribution in [-0.4, -0.2) is 17.3 Å². The Bertz CT molecular complexity index is 761. The Morgan fingerprint density at radius 3 is 2.84 bits per heavy atom. The summed E-state index contributed by atoms with van der Waals surface area (Å²) in [6.07, 6.45) is 0.838. The van der Waals surface area contributed by atoms with E-state index in [1.807, 2.05) is 49.4 Å². The summed E-state index contributed by atoms with van der Waals surface area (Å²) in [7, 11) is 0. The van der Waals surface area contributed by atoms with Crippen molar-refractivity contribution in [1.82, 2.24) is 5.32 Å². The molecule has 5 heteroatoms. The Kier molecular flexibility index (Phi) is 5.13. The van der Waals surface area contributed by atoms with Crippen LogP contribution in [0, 0.1) is 0 Å². The van der Waals surface area contributed by atoms with Crippen LogP contribution in [0.25, 0.3) is 0 Å². The Balaban J connectivity index is 1.71. The van der Waals surface area contributed by atoms with Crippen molar-refractivity contribution in [3.63, 3.8) is 0 Å². The zero-order valence-electron chi connectivity index (χ0n) is 14.8. The Hall–Kier alpha value is -2.27. The molecule has 0 radical (unpaired) electrons. The molecule has 1 aliphatic heterocycles. The van der Waals surface area contributed by atoms with E-state index in [2.05, 4.69) is 30.5 Å².